The van der Waals surface area contributed by atoms with Gasteiger partial charge >= 0.3 is 86.7 Å². The Balaban J connectivity index is -0.0000160. The molecule has 4 unspecified atom stereocenters. The molecule has 0 aliphatic rings. The zero-order valence-electron chi connectivity index (χ0n) is 74.7. The van der Waals surface area contributed by atoms with E-state index in [0.29, 0.717) is 51.4 Å². The monoisotopic (exact) mass is 1690 g/mol. The quantitative estimate of drug-likeness (QED) is 0.00961. The van der Waals surface area contributed by atoms with Crippen LogP contribution in [0, 0.1) is 0 Å². The fourth-order valence-corrected chi connectivity index (χ4v) is 14.2. The maximum Gasteiger partial charge on any atom is 1.00 e. The number of carbonyl (C=O) groups excluding carboxylic acids is 6. The van der Waals surface area contributed by atoms with Gasteiger partial charge in [0.05, 0.1) is 76.8 Å². The molecule has 1 aromatic rings. The number of nitrogens with one attached hydrogen (secondary N) is 4. The molecule has 9 N–H and O–H groups in total. The largest absolute Gasteiger partial charge is 1.00 e. The van der Waals surface area contributed by atoms with Crippen molar-refractivity contribution in [3.63, 3.8) is 0 Å². The molecule has 4 amide bonds. The minimum Gasteiger partial charge on any atom is -1.00 e. The van der Waals surface area contributed by atoms with Gasteiger partial charge in [0.25, 0.3) is 11.8 Å². The number of phosphoric ester groups is 2. The summed E-state index contributed by atoms with van der Waals surface area (Å²) in [6.07, 6.45) is 48.1. The second-order valence-corrected chi connectivity index (χ2v) is 33.2. The SMILES string of the molecule is CCCCCC/C=C/CCCC(=O)O[C@H](CCCCCCC)CC(=O)NC(COCC[C@H](O)CCCCCCC)COP(=O)(O)OCCNC(=O)c1cc(O)cc(C(=O)NCCOP(=O)(O)OCC(COCC[C@H](O)CCCCCCC)NC(=O)C[C@@H](CCCCCCCCCCC)OC(=O)CCC/C=C/CCCCCC)c1.[H-].[H-].[Na+].[Na+]. The number of hydrogen-bond acceptors (Lipinski definition) is 19. The van der Waals surface area contributed by atoms with Crippen molar-refractivity contribution >= 4 is 51.2 Å². The first-order chi connectivity index (χ1) is 54.6. The van der Waals surface area contributed by atoms with Crippen LogP contribution in [-0.2, 0) is 65.4 Å². The number of phenols is 1. The first-order valence-electron chi connectivity index (χ1n) is 44.0. The molecule has 1 aromatic carbocycles. The minimum atomic E-state index is -4.86. The molecule has 0 bridgehead atoms. The van der Waals surface area contributed by atoms with Crippen molar-refractivity contribution in [3.05, 3.63) is 53.6 Å². The van der Waals surface area contributed by atoms with Crippen LogP contribution in [0.4, 0.5) is 0 Å². The van der Waals surface area contributed by atoms with Gasteiger partial charge in [-0.15, -0.1) is 0 Å². The summed E-state index contributed by atoms with van der Waals surface area (Å²) in [5, 5.41) is 42.5. The predicted molar refractivity (Wildman–Crippen MR) is 450 cm³/mol. The minimum absolute atomic E-state index is 0. The van der Waals surface area contributed by atoms with Crippen molar-refractivity contribution in [1.29, 1.82) is 0 Å². The third-order valence-electron chi connectivity index (χ3n) is 19.4. The number of phenolic OH excluding ortho intramolecular Hbond substituents is 1. The molecule has 0 fully saturated rings. The van der Waals surface area contributed by atoms with Crippen molar-refractivity contribution in [3.8, 4) is 5.75 Å². The number of aliphatic hydroxyl groups is 2. The van der Waals surface area contributed by atoms with Crippen LogP contribution in [-0.4, -0.2) is 163 Å². The van der Waals surface area contributed by atoms with Gasteiger partial charge in [-0.2, -0.15) is 0 Å². The molecule has 0 radical (unpaired) electrons. The fraction of sp³-hybridized carbons (Fsp3) is 0.814. The molecule has 0 aromatic heterocycles. The Kier molecular flexibility index (Phi) is 78.2. The number of hydrogen-bond donors (Lipinski definition) is 9. The Bertz CT molecular complexity index is 2760. The van der Waals surface area contributed by atoms with Crippen LogP contribution < -0.4 is 80.4 Å². The van der Waals surface area contributed by atoms with Gasteiger partial charge in [-0.1, -0.05) is 246 Å². The average molecular weight is 1690 g/mol. The zero-order valence-corrected chi connectivity index (χ0v) is 78.5. The summed E-state index contributed by atoms with van der Waals surface area (Å²) >= 11 is 0. The number of aromatic hydroxyl groups is 1. The predicted octanol–water partition coefficient (Wildman–Crippen LogP) is 12.9. The van der Waals surface area contributed by atoms with Crippen LogP contribution in [0.25, 0.3) is 0 Å². The van der Waals surface area contributed by atoms with Gasteiger partial charge in [0, 0.05) is 50.3 Å². The molecule has 0 aliphatic carbocycles. The van der Waals surface area contributed by atoms with Crippen LogP contribution in [0.2, 0.25) is 0 Å². The van der Waals surface area contributed by atoms with E-state index in [0.717, 1.165) is 179 Å². The number of amides is 4. The third-order valence-corrected chi connectivity index (χ3v) is 21.4. The smallest absolute Gasteiger partial charge is 1.00 e. The van der Waals surface area contributed by atoms with Crippen LogP contribution >= 0.6 is 15.6 Å². The second kappa shape index (κ2) is 78.6. The number of phosphoric acid groups is 2. The number of unbranched alkanes of at least 4 members (excludes halogenated alkanes) is 30. The van der Waals surface area contributed by atoms with E-state index in [-0.39, 0.29) is 144 Å². The number of carbonyl (C=O) groups is 6. The fourth-order valence-electron chi connectivity index (χ4n) is 12.7. The zero-order chi connectivity index (χ0) is 83.1. The van der Waals surface area contributed by atoms with Gasteiger partial charge in [0.2, 0.25) is 11.8 Å². The van der Waals surface area contributed by atoms with Crippen molar-refractivity contribution in [2.75, 3.05) is 65.9 Å². The summed E-state index contributed by atoms with van der Waals surface area (Å²) in [5.41, 5.74) is -0.355. The molecule has 25 nitrogen and oxygen atoms in total. The molecule has 1 rings (SSSR count). The maximum atomic E-state index is 13.8. The van der Waals surface area contributed by atoms with Gasteiger partial charge in [0.1, 0.15) is 18.0 Å². The molecule has 29 heteroatoms. The van der Waals surface area contributed by atoms with Gasteiger partial charge in [-0.25, -0.2) is 9.13 Å². The van der Waals surface area contributed by atoms with E-state index in [1.807, 2.05) is 0 Å². The molecule has 660 valence electrons. The average Bonchev–Trinajstić information content (AvgIpc) is 0.845. The number of rotatable bonds is 80. The van der Waals surface area contributed by atoms with Gasteiger partial charge in [-0.05, 0) is 121 Å². The molecular weight excluding hydrogens is 1530 g/mol. The Hall–Kier alpha value is -2.62. The standard InChI is InChI=1S/C86H156N4O21P2.2Na.2H/c1-7-13-19-25-28-31-34-40-46-52-80(111-84(97)54-48-42-36-33-30-27-21-15-9-3)67-82(95)90-75(69-105-60-56-77(92)50-44-38-23-17-11-5)71-109-113(102,103)107-62-58-88-86(99)73-63-72(64-78(93)65-73)85(98)87-57-61-106-112(100,101)108-70-74(68-104-59-55-76(91)49-43-37-22-16-10-4)89-81(94)66-79(51-45-39-24-18-12-6)110-83(96)53-47-41-35-32-29-26-20-14-8-2;;;;/h32-33,35-36,63-65,74-77,79-80,91-93H,7-31,34,37-62,66-71H2,1-6H3,(H,87,98)(H,88,99)(H,89,94)(H,90,95)(H,100,101)(H,102,103);;;;/q;2*+1;2*-1/b35-32+,36-33+;;;;/t74?,75?,76-,77-,79-,80-;;;;/m1..../s1. The topological polar surface area (TPSA) is 360 Å². The summed E-state index contributed by atoms with van der Waals surface area (Å²) in [5.74, 6) is -3.83. The third kappa shape index (κ3) is 70.6. The summed E-state index contributed by atoms with van der Waals surface area (Å²) in [6, 6.07) is 1.38. The molecule has 0 spiro atoms. The number of aliphatic hydroxyl groups excluding tert-OH is 2. The summed E-state index contributed by atoms with van der Waals surface area (Å²) < 4.78 is 71.3. The van der Waals surface area contributed by atoms with Crippen LogP contribution in [0.3, 0.4) is 0 Å². The molecular formula is C86H158N4Na2O21P2. The second-order valence-electron chi connectivity index (χ2n) is 30.3. The van der Waals surface area contributed by atoms with E-state index >= 15 is 0 Å². The van der Waals surface area contributed by atoms with Crippen LogP contribution in [0.15, 0.2) is 42.5 Å². The Morgan fingerprint density at radius 3 is 1.03 bits per heavy atom. The summed E-state index contributed by atoms with van der Waals surface area (Å²) in [4.78, 5) is 102. The van der Waals surface area contributed by atoms with Gasteiger partial charge < -0.3 is 68.2 Å². The van der Waals surface area contributed by atoms with E-state index in [1.165, 1.54) is 70.3 Å². The Morgan fingerprint density at radius 2 is 0.696 bits per heavy atom. The Morgan fingerprint density at radius 1 is 0.391 bits per heavy atom. The Labute approximate surface area is 740 Å². The summed E-state index contributed by atoms with van der Waals surface area (Å²) in [6.45, 7) is 10.0. The number of ether oxygens (including phenoxy) is 4. The van der Waals surface area contributed by atoms with Crippen molar-refractivity contribution in [2.24, 2.45) is 0 Å². The first kappa shape index (κ1) is 114. The van der Waals surface area contributed by atoms with Crippen molar-refractivity contribution in [2.45, 2.75) is 386 Å². The number of esters is 2. The van der Waals surface area contributed by atoms with Gasteiger partial charge in [0.15, 0.2) is 0 Å². The molecule has 115 heavy (non-hydrogen) atoms. The van der Waals surface area contributed by atoms with E-state index in [9.17, 15) is 63.0 Å². The number of benzene rings is 1. The van der Waals surface area contributed by atoms with Crippen molar-refractivity contribution in [1.82, 2.24) is 21.3 Å². The van der Waals surface area contributed by atoms with Crippen LogP contribution in [0.5, 0.6) is 5.75 Å². The normalized spacial score (nSPS) is 14.2. The molecule has 0 heterocycles. The molecule has 0 saturated carbocycles. The van der Waals surface area contributed by atoms with E-state index < -0.39 is 114 Å². The molecule has 0 aliphatic heterocycles. The number of allylic oxidation sites excluding steroid dienone is 4. The first-order valence-corrected chi connectivity index (χ1v) is 47.0. The van der Waals surface area contributed by atoms with E-state index in [1.54, 1.807) is 0 Å². The van der Waals surface area contributed by atoms with Gasteiger partial charge in [-0.3, -0.25) is 46.9 Å². The molecule has 0 saturated heterocycles. The molecule has 8 atom stereocenters. The van der Waals surface area contributed by atoms with E-state index in [2.05, 4.69) is 87.1 Å². The summed E-state index contributed by atoms with van der Waals surface area (Å²) in [7, 11) is -9.72. The van der Waals surface area contributed by atoms with E-state index in [4.69, 9.17) is 37.0 Å². The van der Waals surface area contributed by atoms with Crippen LogP contribution in [0.1, 0.15) is 373 Å². The maximum absolute atomic E-state index is 13.8. The van der Waals surface area contributed by atoms with Crippen molar-refractivity contribution < 1.29 is 162 Å².